The molecule has 2 aromatic heterocycles. The summed E-state index contributed by atoms with van der Waals surface area (Å²) in [5, 5.41) is 8.14. The topological polar surface area (TPSA) is 58.4 Å². The van der Waals surface area contributed by atoms with Gasteiger partial charge in [0.1, 0.15) is 11.5 Å². The lowest BCUT2D eigenvalue weighted by Gasteiger charge is -2.40. The van der Waals surface area contributed by atoms with E-state index in [0.717, 1.165) is 18.5 Å². The Morgan fingerprint density at radius 2 is 1.97 bits per heavy atom. The quantitative estimate of drug-likeness (QED) is 0.493. The van der Waals surface area contributed by atoms with Crippen molar-refractivity contribution < 1.29 is 14.0 Å². The third kappa shape index (κ3) is 5.06. The molecule has 0 N–H and O–H groups in total. The van der Waals surface area contributed by atoms with Gasteiger partial charge in [-0.3, -0.25) is 14.3 Å². The lowest BCUT2D eigenvalue weighted by atomic mass is 9.84. The van der Waals surface area contributed by atoms with Crippen molar-refractivity contribution in [1.82, 2.24) is 19.6 Å². The number of nitrogens with zero attached hydrogens (tertiary/aromatic N) is 4. The predicted octanol–water partition coefficient (Wildman–Crippen LogP) is 4.65. The van der Waals surface area contributed by atoms with Crippen LogP contribution in [0.3, 0.4) is 0 Å². The Hall–Kier alpha value is -3.00. The van der Waals surface area contributed by atoms with Gasteiger partial charge in [0.05, 0.1) is 11.3 Å². The zero-order chi connectivity index (χ0) is 24.2. The van der Waals surface area contributed by atoms with E-state index in [4.69, 9.17) is 0 Å². The number of hydrogen-bond acceptors (Lipinski definition) is 4. The number of carbonyl (C=O) groups excluding carboxylic acids is 2. The van der Waals surface area contributed by atoms with E-state index in [1.807, 2.05) is 54.8 Å². The van der Waals surface area contributed by atoms with Crippen LogP contribution in [-0.4, -0.2) is 57.6 Å². The summed E-state index contributed by atoms with van der Waals surface area (Å²) in [6, 6.07) is 10.3. The second-order valence-electron chi connectivity index (χ2n) is 8.91. The van der Waals surface area contributed by atoms with Crippen molar-refractivity contribution in [3.8, 4) is 0 Å². The normalized spacial score (nSPS) is 15.4. The zero-order valence-electron chi connectivity index (χ0n) is 19.9. The maximum absolute atomic E-state index is 14.5. The van der Waals surface area contributed by atoms with Crippen molar-refractivity contribution in [3.63, 3.8) is 0 Å². The van der Waals surface area contributed by atoms with Gasteiger partial charge >= 0.3 is 0 Å². The maximum atomic E-state index is 14.5. The summed E-state index contributed by atoms with van der Waals surface area (Å²) < 4.78 is 16.3. The number of aromatic nitrogens is 2. The summed E-state index contributed by atoms with van der Waals surface area (Å²) in [7, 11) is 1.81. The third-order valence-electron chi connectivity index (χ3n) is 6.76. The Morgan fingerprint density at radius 1 is 1.24 bits per heavy atom. The van der Waals surface area contributed by atoms with Crippen LogP contribution in [0.25, 0.3) is 0 Å². The molecule has 3 heterocycles. The molecule has 4 rings (SSSR count). The molecule has 6 nitrogen and oxygen atoms in total. The van der Waals surface area contributed by atoms with Crippen LogP contribution in [0, 0.1) is 18.7 Å². The first-order chi connectivity index (χ1) is 16.4. The second kappa shape index (κ2) is 10.5. The highest BCUT2D eigenvalue weighted by Gasteiger charge is 2.34. The summed E-state index contributed by atoms with van der Waals surface area (Å²) in [6.45, 7) is 5.72. The first kappa shape index (κ1) is 24.1. The van der Waals surface area contributed by atoms with Crippen molar-refractivity contribution in [2.24, 2.45) is 5.92 Å². The predicted molar refractivity (Wildman–Crippen MR) is 132 cm³/mol. The first-order valence-electron chi connectivity index (χ1n) is 11.8. The van der Waals surface area contributed by atoms with Crippen LogP contribution in [0.5, 0.6) is 0 Å². The molecule has 34 heavy (non-hydrogen) atoms. The summed E-state index contributed by atoms with van der Waals surface area (Å²) in [4.78, 5) is 30.0. The fraction of sp³-hybridized carbons (Fsp3) is 0.423. The Balaban J connectivity index is 1.51. The molecule has 1 aliphatic heterocycles. The lowest BCUT2D eigenvalue weighted by molar-refractivity contribution is 0.0516. The average Bonchev–Trinajstić information content (AvgIpc) is 3.52. The van der Waals surface area contributed by atoms with Crippen LogP contribution in [0.4, 0.5) is 4.39 Å². The highest BCUT2D eigenvalue weighted by Crippen LogP contribution is 2.29. The minimum absolute atomic E-state index is 0.00532. The van der Waals surface area contributed by atoms with E-state index in [9.17, 15) is 14.0 Å². The molecule has 1 saturated heterocycles. The number of rotatable bonds is 7. The zero-order valence-corrected chi connectivity index (χ0v) is 20.7. The van der Waals surface area contributed by atoms with E-state index in [1.54, 1.807) is 21.7 Å². The van der Waals surface area contributed by atoms with Gasteiger partial charge < -0.3 is 9.80 Å². The Morgan fingerprint density at radius 3 is 2.62 bits per heavy atom. The third-order valence-corrected chi connectivity index (χ3v) is 7.45. The number of likely N-dealkylation sites (tertiary alicyclic amines) is 1. The van der Waals surface area contributed by atoms with Crippen LogP contribution in [0.15, 0.2) is 47.2 Å². The average molecular weight is 483 g/mol. The molecule has 1 fully saturated rings. The van der Waals surface area contributed by atoms with Crippen LogP contribution in [-0.2, 0) is 13.0 Å². The van der Waals surface area contributed by atoms with Gasteiger partial charge in [-0.05, 0) is 68.2 Å². The molecule has 0 radical (unpaired) electrons. The SMILES string of the molecule is CCn1nc(C)cc1C(=O)N1CCC(C(Cc2ccccc2F)N(C)C(=O)c2ccsc2)CC1. The molecule has 3 aromatic rings. The number of hydrogen-bond donors (Lipinski definition) is 0. The van der Waals surface area contributed by atoms with Gasteiger partial charge in [0.25, 0.3) is 11.8 Å². The van der Waals surface area contributed by atoms with Crippen molar-refractivity contribution in [2.45, 2.75) is 45.7 Å². The van der Waals surface area contributed by atoms with Crippen LogP contribution in [0.1, 0.15) is 51.9 Å². The number of thiophene rings is 1. The molecule has 0 saturated carbocycles. The highest BCUT2D eigenvalue weighted by atomic mass is 32.1. The fourth-order valence-corrected chi connectivity index (χ4v) is 5.49. The fourth-order valence-electron chi connectivity index (χ4n) is 4.86. The number of likely N-dealkylation sites (N-methyl/N-ethyl adjacent to an activating group) is 1. The van der Waals surface area contributed by atoms with Crippen LogP contribution < -0.4 is 0 Å². The van der Waals surface area contributed by atoms with Gasteiger partial charge in [0.2, 0.25) is 0 Å². The van der Waals surface area contributed by atoms with Gasteiger partial charge in [-0.25, -0.2) is 4.39 Å². The molecule has 0 spiro atoms. The molecule has 0 bridgehead atoms. The van der Waals surface area contributed by atoms with Crippen molar-refractivity contribution in [2.75, 3.05) is 20.1 Å². The molecule has 1 aromatic carbocycles. The number of amides is 2. The van der Waals surface area contributed by atoms with Crippen molar-refractivity contribution >= 4 is 23.2 Å². The van der Waals surface area contributed by atoms with Crippen molar-refractivity contribution in [3.05, 3.63) is 75.5 Å². The standard InChI is InChI=1S/C26H31FN4O2S/c1-4-31-24(15-18(2)28-31)26(33)30-12-9-19(10-13-30)23(16-20-7-5-6-8-22(20)27)29(3)25(32)21-11-14-34-17-21/h5-8,11,14-15,17,19,23H,4,9-10,12-13,16H2,1-3H3. The smallest absolute Gasteiger partial charge is 0.272 e. The molecule has 0 aliphatic carbocycles. The van der Waals surface area contributed by atoms with E-state index in [0.29, 0.717) is 42.9 Å². The minimum Gasteiger partial charge on any atom is -0.338 e. The lowest BCUT2D eigenvalue weighted by Crippen LogP contribution is -2.48. The van der Waals surface area contributed by atoms with Gasteiger partial charge in [-0.1, -0.05) is 18.2 Å². The summed E-state index contributed by atoms with van der Waals surface area (Å²) in [5.74, 6) is -0.147. The Kier molecular flexibility index (Phi) is 7.46. The molecular formula is C26H31FN4O2S. The Bertz CT molecular complexity index is 1140. The van der Waals surface area contributed by atoms with E-state index in [1.165, 1.54) is 17.4 Å². The highest BCUT2D eigenvalue weighted by molar-refractivity contribution is 7.08. The molecule has 1 aliphatic rings. The van der Waals surface area contributed by atoms with Gasteiger partial charge in [0.15, 0.2) is 0 Å². The Labute approximate surface area is 204 Å². The first-order valence-corrected chi connectivity index (χ1v) is 12.7. The van der Waals surface area contributed by atoms with Crippen molar-refractivity contribution in [1.29, 1.82) is 0 Å². The van der Waals surface area contributed by atoms with Crippen LogP contribution >= 0.6 is 11.3 Å². The summed E-state index contributed by atoms with van der Waals surface area (Å²) in [5.41, 5.74) is 2.71. The number of aryl methyl sites for hydroxylation is 2. The van der Waals surface area contributed by atoms with Crippen LogP contribution in [0.2, 0.25) is 0 Å². The minimum atomic E-state index is -0.250. The molecular weight excluding hydrogens is 451 g/mol. The maximum Gasteiger partial charge on any atom is 0.272 e. The van der Waals surface area contributed by atoms with E-state index in [2.05, 4.69) is 5.10 Å². The number of carbonyl (C=O) groups is 2. The molecule has 2 amide bonds. The number of piperidine rings is 1. The number of benzene rings is 1. The van der Waals surface area contributed by atoms with E-state index < -0.39 is 0 Å². The molecule has 1 unspecified atom stereocenters. The summed E-state index contributed by atoms with van der Waals surface area (Å²) in [6.07, 6.45) is 1.95. The number of halogens is 1. The van der Waals surface area contributed by atoms with Gasteiger partial charge in [-0.15, -0.1) is 0 Å². The van der Waals surface area contributed by atoms with E-state index >= 15 is 0 Å². The monoisotopic (exact) mass is 482 g/mol. The largest absolute Gasteiger partial charge is 0.338 e. The summed E-state index contributed by atoms with van der Waals surface area (Å²) >= 11 is 1.49. The molecule has 8 heteroatoms. The molecule has 180 valence electrons. The second-order valence-corrected chi connectivity index (χ2v) is 9.69. The van der Waals surface area contributed by atoms with E-state index in [-0.39, 0.29) is 29.6 Å². The van der Waals surface area contributed by atoms with Gasteiger partial charge in [-0.2, -0.15) is 16.4 Å². The molecule has 1 atom stereocenters. The van der Waals surface area contributed by atoms with Gasteiger partial charge in [0, 0.05) is 38.1 Å².